The lowest BCUT2D eigenvalue weighted by molar-refractivity contribution is 0.0979. The Hall–Kier alpha value is -3.52. The fourth-order valence-corrected chi connectivity index (χ4v) is 3.23. The Kier molecular flexibility index (Phi) is 1.96. The standard InChI is InChI=1S/C24H14O2/c25-23-19-9-3-4-10-20(19)24(26)22-14-16(12-13-21(22)23)18-11-5-7-15-6-1-2-8-17(15)18/h1-14H/i3D,4D,9D,10D,12D,13D,14D. The van der Waals surface area contributed by atoms with E-state index in [1.165, 1.54) is 0 Å². The lowest BCUT2D eigenvalue weighted by atomic mass is 9.82. The van der Waals surface area contributed by atoms with Crippen LogP contribution in [0.4, 0.5) is 0 Å². The van der Waals surface area contributed by atoms with E-state index in [-0.39, 0.29) is 5.56 Å². The number of rotatable bonds is 1. The molecule has 4 aromatic carbocycles. The molecule has 4 aromatic rings. The van der Waals surface area contributed by atoms with Gasteiger partial charge in [0.15, 0.2) is 11.6 Å². The molecule has 2 nitrogen and oxygen atoms in total. The third kappa shape index (κ3) is 2.06. The van der Waals surface area contributed by atoms with Gasteiger partial charge >= 0.3 is 0 Å². The van der Waals surface area contributed by atoms with Crippen LogP contribution in [-0.4, -0.2) is 11.6 Å². The second-order valence-electron chi connectivity index (χ2n) is 5.93. The Bertz CT molecular complexity index is 1570. The molecule has 26 heavy (non-hydrogen) atoms. The molecule has 0 fully saturated rings. The normalized spacial score (nSPS) is 16.5. The van der Waals surface area contributed by atoms with Gasteiger partial charge in [0.1, 0.15) is 0 Å². The van der Waals surface area contributed by atoms with Crippen molar-refractivity contribution in [2.45, 2.75) is 0 Å². The number of ketones is 2. The van der Waals surface area contributed by atoms with Crippen molar-refractivity contribution >= 4 is 22.3 Å². The van der Waals surface area contributed by atoms with Crippen molar-refractivity contribution in [3.05, 3.63) is 107 Å². The van der Waals surface area contributed by atoms with Crippen LogP contribution in [0.5, 0.6) is 0 Å². The number of hydrogen-bond donors (Lipinski definition) is 0. The molecule has 0 N–H and O–H groups in total. The van der Waals surface area contributed by atoms with E-state index < -0.39 is 76.1 Å². The third-order valence-electron chi connectivity index (χ3n) is 4.47. The van der Waals surface area contributed by atoms with Gasteiger partial charge in [0.2, 0.25) is 0 Å². The Morgan fingerprint density at radius 1 is 0.615 bits per heavy atom. The van der Waals surface area contributed by atoms with Gasteiger partial charge in [-0.15, -0.1) is 0 Å². The van der Waals surface area contributed by atoms with E-state index in [2.05, 4.69) is 0 Å². The predicted octanol–water partition coefficient (Wildman–Crippen LogP) is 5.28. The fraction of sp³-hybridized carbons (Fsp3) is 0. The minimum absolute atomic E-state index is 0.0148. The van der Waals surface area contributed by atoms with Crippen LogP contribution in [-0.2, 0) is 0 Å². The largest absolute Gasteiger partial charge is 0.289 e. The van der Waals surface area contributed by atoms with Crippen molar-refractivity contribution in [3.8, 4) is 11.1 Å². The molecule has 0 saturated carbocycles. The Labute approximate surface area is 160 Å². The molecule has 0 bridgehead atoms. The molecule has 0 heterocycles. The van der Waals surface area contributed by atoms with Crippen LogP contribution in [0.2, 0.25) is 0 Å². The number of hydrogen-bond acceptors (Lipinski definition) is 2. The average Bonchev–Trinajstić information content (AvgIpc) is 2.81. The van der Waals surface area contributed by atoms with E-state index in [1.807, 2.05) is 18.2 Å². The molecule has 0 aliphatic heterocycles. The maximum absolute atomic E-state index is 13.5. The summed E-state index contributed by atoms with van der Waals surface area (Å²) in [7, 11) is 0. The van der Waals surface area contributed by atoms with Crippen LogP contribution in [0.15, 0.2) is 84.8 Å². The quantitative estimate of drug-likeness (QED) is 0.415. The summed E-state index contributed by atoms with van der Waals surface area (Å²) in [6, 6.07) is 8.50. The minimum Gasteiger partial charge on any atom is -0.289 e. The van der Waals surface area contributed by atoms with Crippen LogP contribution in [0.25, 0.3) is 21.9 Å². The fourth-order valence-electron chi connectivity index (χ4n) is 3.23. The van der Waals surface area contributed by atoms with Gasteiger partial charge in [0.25, 0.3) is 0 Å². The number of carbonyl (C=O) groups excluding carboxylic acids is 2. The lowest BCUT2D eigenvalue weighted by Gasteiger charge is -2.18. The van der Waals surface area contributed by atoms with Gasteiger partial charge in [-0.05, 0) is 34.0 Å². The van der Waals surface area contributed by atoms with Crippen molar-refractivity contribution in [2.24, 2.45) is 0 Å². The van der Waals surface area contributed by atoms with Crippen LogP contribution in [0, 0.1) is 0 Å². The lowest BCUT2D eigenvalue weighted by Crippen LogP contribution is -2.20. The first-order valence-electron chi connectivity index (χ1n) is 11.5. The maximum Gasteiger partial charge on any atom is 0.194 e. The second-order valence-corrected chi connectivity index (χ2v) is 5.93. The van der Waals surface area contributed by atoms with E-state index in [4.69, 9.17) is 9.60 Å². The molecule has 1 aliphatic carbocycles. The summed E-state index contributed by atoms with van der Waals surface area (Å²) < 4.78 is 57.9. The van der Waals surface area contributed by atoms with Crippen molar-refractivity contribution < 1.29 is 19.2 Å². The SMILES string of the molecule is [2H]c1c([2H])c([2H])c2c(c1[2H])C(=O)c1c([2H])c([2H])c(-c3cccc4ccccc34)c([2H])c1C2=O. The molecule has 2 heteroatoms. The summed E-state index contributed by atoms with van der Waals surface area (Å²) in [5, 5.41) is 1.54. The highest BCUT2D eigenvalue weighted by atomic mass is 16.1. The first-order chi connectivity index (χ1) is 15.7. The minimum atomic E-state index is -0.955. The van der Waals surface area contributed by atoms with Crippen LogP contribution >= 0.6 is 0 Å². The summed E-state index contributed by atoms with van der Waals surface area (Å²) in [6.07, 6.45) is 0. The Balaban J connectivity index is 1.90. The van der Waals surface area contributed by atoms with Crippen LogP contribution < -0.4 is 0 Å². The van der Waals surface area contributed by atoms with Crippen molar-refractivity contribution in [2.75, 3.05) is 0 Å². The molecule has 0 radical (unpaired) electrons. The molecule has 122 valence electrons. The van der Waals surface area contributed by atoms with Crippen molar-refractivity contribution in [1.82, 2.24) is 0 Å². The zero-order chi connectivity index (χ0) is 23.8. The van der Waals surface area contributed by atoms with E-state index in [1.54, 1.807) is 24.3 Å². The number of fused-ring (bicyclic) bond motifs is 3. The molecule has 1 aliphatic rings. The van der Waals surface area contributed by atoms with Gasteiger partial charge in [-0.2, -0.15) is 0 Å². The molecule has 0 saturated heterocycles. The molecule has 0 aromatic heterocycles. The van der Waals surface area contributed by atoms with Gasteiger partial charge in [0, 0.05) is 22.3 Å². The summed E-state index contributed by atoms with van der Waals surface area (Å²) in [4.78, 5) is 26.7. The van der Waals surface area contributed by atoms with Gasteiger partial charge in [0.05, 0.1) is 9.60 Å². The second kappa shape index (κ2) is 5.50. The molecule has 0 unspecified atom stereocenters. The van der Waals surface area contributed by atoms with Crippen molar-refractivity contribution in [1.29, 1.82) is 0 Å². The molecule has 0 amide bonds. The molecule has 0 atom stereocenters. The van der Waals surface area contributed by atoms with E-state index in [0.29, 0.717) is 10.9 Å². The monoisotopic (exact) mass is 341 g/mol. The first kappa shape index (κ1) is 9.25. The van der Waals surface area contributed by atoms with Crippen molar-refractivity contribution in [3.63, 3.8) is 0 Å². The maximum atomic E-state index is 13.5. The van der Waals surface area contributed by atoms with E-state index in [9.17, 15) is 9.59 Å². The Morgan fingerprint density at radius 3 is 2.08 bits per heavy atom. The summed E-state index contributed by atoms with van der Waals surface area (Å²) in [6.45, 7) is 0. The zero-order valence-corrected chi connectivity index (χ0v) is 13.4. The summed E-state index contributed by atoms with van der Waals surface area (Å²) in [5.41, 5.74) is -1.45. The number of benzene rings is 4. The Morgan fingerprint density at radius 2 is 1.27 bits per heavy atom. The summed E-state index contributed by atoms with van der Waals surface area (Å²) >= 11 is 0. The van der Waals surface area contributed by atoms with Crippen LogP contribution in [0.1, 0.15) is 41.4 Å². The van der Waals surface area contributed by atoms with Gasteiger partial charge < -0.3 is 0 Å². The van der Waals surface area contributed by atoms with Gasteiger partial charge in [-0.25, -0.2) is 0 Å². The van der Waals surface area contributed by atoms with E-state index in [0.717, 1.165) is 5.39 Å². The smallest absolute Gasteiger partial charge is 0.194 e. The molecule has 5 rings (SSSR count). The molecule has 0 spiro atoms. The number of carbonyl (C=O) groups is 2. The molecular weight excluding hydrogens is 320 g/mol. The van der Waals surface area contributed by atoms with Gasteiger partial charge in [-0.1, -0.05) is 72.7 Å². The highest BCUT2D eigenvalue weighted by molar-refractivity contribution is 6.28. The average molecular weight is 341 g/mol. The van der Waals surface area contributed by atoms with Crippen LogP contribution in [0.3, 0.4) is 0 Å². The predicted molar refractivity (Wildman–Crippen MR) is 103 cm³/mol. The topological polar surface area (TPSA) is 34.1 Å². The van der Waals surface area contributed by atoms with E-state index >= 15 is 0 Å². The highest BCUT2D eigenvalue weighted by Crippen LogP contribution is 2.33. The highest BCUT2D eigenvalue weighted by Gasteiger charge is 2.29. The zero-order valence-electron chi connectivity index (χ0n) is 20.4. The first-order valence-corrected chi connectivity index (χ1v) is 7.98. The summed E-state index contributed by atoms with van der Waals surface area (Å²) in [5.74, 6) is -1.88. The van der Waals surface area contributed by atoms with Gasteiger partial charge in [-0.3, -0.25) is 9.59 Å². The molecular formula is C24H14O2. The third-order valence-corrected chi connectivity index (χ3v) is 4.47.